The maximum Gasteiger partial charge on any atom is 0.136 e. The molecule has 0 saturated carbocycles. The van der Waals surface area contributed by atoms with Crippen molar-refractivity contribution in [1.29, 1.82) is 0 Å². The first-order valence-corrected chi connectivity index (χ1v) is 11.6. The lowest BCUT2D eigenvalue weighted by atomic mass is 10.1. The van der Waals surface area contributed by atoms with Crippen molar-refractivity contribution in [2.45, 2.75) is 12.3 Å². The monoisotopic (exact) mass is 433 g/mol. The molecule has 1 aliphatic heterocycles. The molecule has 5 rings (SSSR count). The lowest BCUT2D eigenvalue weighted by Gasteiger charge is -2.28. The SMILES string of the molecule is S=C(SCc1nc2ccccc2n1Cc1ccc2ccccc2c1)N1CCOCC1. The third kappa shape index (κ3) is 4.08. The maximum absolute atomic E-state index is 5.68. The quantitative estimate of drug-likeness (QED) is 0.419. The van der Waals surface area contributed by atoms with E-state index in [1.165, 1.54) is 21.9 Å². The summed E-state index contributed by atoms with van der Waals surface area (Å²) in [5, 5.41) is 2.53. The Morgan fingerprint density at radius 2 is 1.73 bits per heavy atom. The molecule has 0 amide bonds. The summed E-state index contributed by atoms with van der Waals surface area (Å²) in [7, 11) is 0. The maximum atomic E-state index is 5.68. The van der Waals surface area contributed by atoms with Gasteiger partial charge in [0.15, 0.2) is 0 Å². The van der Waals surface area contributed by atoms with Crippen molar-refractivity contribution in [2.24, 2.45) is 0 Å². The Kier molecular flexibility index (Phi) is 5.71. The highest BCUT2D eigenvalue weighted by atomic mass is 32.2. The lowest BCUT2D eigenvalue weighted by molar-refractivity contribution is 0.0702. The first-order valence-electron chi connectivity index (χ1n) is 10.2. The molecule has 6 heteroatoms. The Labute approximate surface area is 185 Å². The molecule has 152 valence electrons. The first-order chi connectivity index (χ1) is 14.8. The number of thiocarbonyl (C=S) groups is 1. The van der Waals surface area contributed by atoms with E-state index in [4.69, 9.17) is 21.9 Å². The molecular formula is C24H23N3OS2. The van der Waals surface area contributed by atoms with Crippen LogP contribution in [-0.4, -0.2) is 45.1 Å². The van der Waals surface area contributed by atoms with Crippen molar-refractivity contribution in [1.82, 2.24) is 14.5 Å². The summed E-state index contributed by atoms with van der Waals surface area (Å²) in [4.78, 5) is 7.16. The number of hydrogen-bond acceptors (Lipinski definition) is 4. The van der Waals surface area contributed by atoms with Gasteiger partial charge in [-0.3, -0.25) is 0 Å². The van der Waals surface area contributed by atoms with Crippen molar-refractivity contribution in [3.63, 3.8) is 0 Å². The molecule has 4 nitrogen and oxygen atoms in total. The molecule has 0 spiro atoms. The number of benzene rings is 3. The van der Waals surface area contributed by atoms with Gasteiger partial charge in [-0.05, 0) is 34.5 Å². The summed E-state index contributed by atoms with van der Waals surface area (Å²) >= 11 is 7.37. The van der Waals surface area contributed by atoms with E-state index in [9.17, 15) is 0 Å². The Morgan fingerprint density at radius 3 is 2.60 bits per heavy atom. The Morgan fingerprint density at radius 1 is 0.967 bits per heavy atom. The third-order valence-corrected chi connectivity index (χ3v) is 7.00. The molecular weight excluding hydrogens is 410 g/mol. The molecule has 1 aliphatic rings. The number of aromatic nitrogens is 2. The van der Waals surface area contributed by atoms with Gasteiger partial charge in [0.2, 0.25) is 0 Å². The smallest absolute Gasteiger partial charge is 0.136 e. The Balaban J connectivity index is 1.42. The second-order valence-corrected chi connectivity index (χ2v) is 9.05. The molecule has 30 heavy (non-hydrogen) atoms. The third-order valence-electron chi connectivity index (χ3n) is 5.48. The largest absolute Gasteiger partial charge is 0.378 e. The van der Waals surface area contributed by atoms with Crippen molar-refractivity contribution in [2.75, 3.05) is 26.3 Å². The summed E-state index contributed by atoms with van der Waals surface area (Å²) < 4.78 is 8.70. The average molecular weight is 434 g/mol. The fourth-order valence-corrected chi connectivity index (χ4v) is 5.09. The van der Waals surface area contributed by atoms with Crippen LogP contribution < -0.4 is 0 Å². The topological polar surface area (TPSA) is 30.3 Å². The van der Waals surface area contributed by atoms with E-state index in [2.05, 4.69) is 70.1 Å². The summed E-state index contributed by atoms with van der Waals surface area (Å²) in [5.41, 5.74) is 3.48. The number of para-hydroxylation sites is 2. The van der Waals surface area contributed by atoms with Crippen LogP contribution in [0.25, 0.3) is 21.8 Å². The molecule has 1 fully saturated rings. The van der Waals surface area contributed by atoms with E-state index in [-0.39, 0.29) is 0 Å². The van der Waals surface area contributed by atoms with Gasteiger partial charge in [-0.25, -0.2) is 4.98 Å². The molecule has 0 bridgehead atoms. The second-order valence-electron chi connectivity index (χ2n) is 7.44. The number of ether oxygens (including phenoxy) is 1. The zero-order chi connectivity index (χ0) is 20.3. The number of hydrogen-bond donors (Lipinski definition) is 0. The van der Waals surface area contributed by atoms with E-state index in [1.807, 2.05) is 6.07 Å². The summed E-state index contributed by atoms with van der Waals surface area (Å²) in [6.07, 6.45) is 0. The first kappa shape index (κ1) is 19.5. The summed E-state index contributed by atoms with van der Waals surface area (Å²) in [5.74, 6) is 1.82. The minimum absolute atomic E-state index is 0.751. The lowest BCUT2D eigenvalue weighted by Crippen LogP contribution is -2.38. The minimum atomic E-state index is 0.751. The predicted molar refractivity (Wildman–Crippen MR) is 129 cm³/mol. The van der Waals surface area contributed by atoms with E-state index >= 15 is 0 Å². The highest BCUT2D eigenvalue weighted by Crippen LogP contribution is 2.24. The molecule has 0 unspecified atom stereocenters. The minimum Gasteiger partial charge on any atom is -0.378 e. The fraction of sp³-hybridized carbons (Fsp3) is 0.250. The van der Waals surface area contributed by atoms with Gasteiger partial charge in [-0.2, -0.15) is 0 Å². The molecule has 4 aromatic rings. The normalized spacial score (nSPS) is 14.5. The molecule has 2 heterocycles. The summed E-state index contributed by atoms with van der Waals surface area (Å²) in [6, 6.07) is 23.5. The van der Waals surface area contributed by atoms with Gasteiger partial charge in [-0.15, -0.1) is 0 Å². The van der Waals surface area contributed by atoms with Crippen LogP contribution in [0.5, 0.6) is 0 Å². The van der Waals surface area contributed by atoms with E-state index < -0.39 is 0 Å². The number of morpholine rings is 1. The van der Waals surface area contributed by atoms with Gasteiger partial charge < -0.3 is 14.2 Å². The van der Waals surface area contributed by atoms with Gasteiger partial charge in [0.1, 0.15) is 10.1 Å². The van der Waals surface area contributed by atoms with Crippen LogP contribution in [0.15, 0.2) is 66.7 Å². The van der Waals surface area contributed by atoms with Gasteiger partial charge >= 0.3 is 0 Å². The van der Waals surface area contributed by atoms with Gasteiger partial charge in [-0.1, -0.05) is 72.5 Å². The van der Waals surface area contributed by atoms with Gasteiger partial charge in [0.05, 0.1) is 30.0 Å². The van der Waals surface area contributed by atoms with Crippen LogP contribution >= 0.6 is 24.0 Å². The van der Waals surface area contributed by atoms with Crippen molar-refractivity contribution >= 4 is 50.1 Å². The molecule has 1 aromatic heterocycles. The van der Waals surface area contributed by atoms with Crippen molar-refractivity contribution in [3.8, 4) is 0 Å². The van der Waals surface area contributed by atoms with Crippen LogP contribution in [0, 0.1) is 0 Å². The molecule has 1 saturated heterocycles. The van der Waals surface area contributed by atoms with Gasteiger partial charge in [0, 0.05) is 19.6 Å². The molecule has 0 atom stereocenters. The average Bonchev–Trinajstić information content (AvgIpc) is 3.15. The molecule has 0 radical (unpaired) electrons. The second kappa shape index (κ2) is 8.76. The number of nitrogens with zero attached hydrogens (tertiary/aromatic N) is 3. The van der Waals surface area contributed by atoms with Crippen LogP contribution in [0.2, 0.25) is 0 Å². The zero-order valence-corrected chi connectivity index (χ0v) is 18.3. The predicted octanol–water partition coefficient (Wildman–Crippen LogP) is 5.09. The van der Waals surface area contributed by atoms with Crippen LogP contribution in [0.1, 0.15) is 11.4 Å². The highest BCUT2D eigenvalue weighted by molar-refractivity contribution is 8.22. The Bertz CT molecular complexity index is 1200. The molecule has 3 aromatic carbocycles. The number of rotatable bonds is 4. The van der Waals surface area contributed by atoms with E-state index in [1.54, 1.807) is 11.8 Å². The number of fused-ring (bicyclic) bond motifs is 2. The number of imidazole rings is 1. The van der Waals surface area contributed by atoms with Crippen LogP contribution in [0.4, 0.5) is 0 Å². The van der Waals surface area contributed by atoms with E-state index in [0.29, 0.717) is 0 Å². The van der Waals surface area contributed by atoms with Crippen LogP contribution in [-0.2, 0) is 17.0 Å². The van der Waals surface area contributed by atoms with Crippen LogP contribution in [0.3, 0.4) is 0 Å². The van der Waals surface area contributed by atoms with Crippen molar-refractivity contribution < 1.29 is 4.74 Å². The highest BCUT2D eigenvalue weighted by Gasteiger charge is 2.17. The molecule has 0 N–H and O–H groups in total. The number of thioether (sulfide) groups is 1. The standard InChI is InChI=1S/C24H23N3OS2/c29-24(26-11-13-28-14-12-26)30-17-23-25-21-7-3-4-8-22(21)27(23)16-18-9-10-19-5-1-2-6-20(19)15-18/h1-10,15H,11-14,16-17H2. The fourth-order valence-electron chi connectivity index (χ4n) is 3.90. The summed E-state index contributed by atoms with van der Waals surface area (Å²) in [6.45, 7) is 4.05. The van der Waals surface area contributed by atoms with Crippen molar-refractivity contribution in [3.05, 3.63) is 78.1 Å². The van der Waals surface area contributed by atoms with Gasteiger partial charge in [0.25, 0.3) is 0 Å². The zero-order valence-electron chi connectivity index (χ0n) is 16.7. The van der Waals surface area contributed by atoms with E-state index in [0.717, 1.165) is 54.3 Å². The Hall–Kier alpha value is -2.41. The molecule has 0 aliphatic carbocycles.